The summed E-state index contributed by atoms with van der Waals surface area (Å²) in [6.45, 7) is 3.24. The first-order chi connectivity index (χ1) is 13.2. The van der Waals surface area contributed by atoms with Gasteiger partial charge in [-0.3, -0.25) is 4.79 Å². The van der Waals surface area contributed by atoms with Gasteiger partial charge >= 0.3 is 5.69 Å². The Bertz CT molecular complexity index is 882. The molecule has 2 N–H and O–H groups in total. The van der Waals surface area contributed by atoms with Gasteiger partial charge in [-0.1, -0.05) is 29.8 Å². The fraction of sp³-hybridized carbons (Fsp3) is 0.450. The van der Waals surface area contributed by atoms with Gasteiger partial charge in [-0.2, -0.15) is 5.10 Å². The van der Waals surface area contributed by atoms with E-state index in [1.165, 1.54) is 5.57 Å². The van der Waals surface area contributed by atoms with Crippen LogP contribution in [0.15, 0.2) is 46.8 Å². The van der Waals surface area contributed by atoms with Crippen molar-refractivity contribution in [2.45, 2.75) is 31.6 Å². The summed E-state index contributed by atoms with van der Waals surface area (Å²) >= 11 is 0. The maximum absolute atomic E-state index is 12.6. The number of hydrogen-bond acceptors (Lipinski definition) is 4. The van der Waals surface area contributed by atoms with Gasteiger partial charge in [-0.25, -0.2) is 14.5 Å². The third kappa shape index (κ3) is 4.36. The maximum Gasteiger partial charge on any atom is 0.347 e. The Morgan fingerprint density at radius 2 is 1.93 bits per heavy atom. The van der Waals surface area contributed by atoms with Crippen LogP contribution in [0.5, 0.6) is 0 Å². The molecule has 8 heteroatoms. The second kappa shape index (κ2) is 9.21. The molecule has 0 spiro atoms. The number of H-pyrrole nitrogens is 1. The molecule has 0 atom stereocenters. The summed E-state index contributed by atoms with van der Waals surface area (Å²) in [5, 5.41) is 10.1. The molecule has 0 saturated carbocycles. The SMILES string of the molecule is Cl.O=C(CC1=CCNCC1)N1CCC(c2n[nH]c(=O)n2-c2ccccc2)CC1. The summed E-state index contributed by atoms with van der Waals surface area (Å²) in [4.78, 5) is 26.8. The Morgan fingerprint density at radius 1 is 1.18 bits per heavy atom. The highest BCUT2D eigenvalue weighted by Gasteiger charge is 2.28. The van der Waals surface area contributed by atoms with E-state index in [1.54, 1.807) is 4.57 Å². The zero-order valence-electron chi connectivity index (χ0n) is 15.8. The minimum atomic E-state index is -0.215. The summed E-state index contributed by atoms with van der Waals surface area (Å²) in [6, 6.07) is 9.57. The van der Waals surface area contributed by atoms with Crippen molar-refractivity contribution in [3.63, 3.8) is 0 Å². The van der Waals surface area contributed by atoms with Gasteiger partial charge in [0.15, 0.2) is 0 Å². The number of piperidine rings is 1. The molecule has 1 aromatic heterocycles. The number of likely N-dealkylation sites (tertiary alicyclic amines) is 1. The van der Waals surface area contributed by atoms with E-state index in [9.17, 15) is 9.59 Å². The van der Waals surface area contributed by atoms with Crippen molar-refractivity contribution in [2.75, 3.05) is 26.2 Å². The quantitative estimate of drug-likeness (QED) is 0.765. The van der Waals surface area contributed by atoms with Crippen molar-refractivity contribution in [1.29, 1.82) is 0 Å². The van der Waals surface area contributed by atoms with E-state index >= 15 is 0 Å². The normalized spacial score (nSPS) is 17.7. The van der Waals surface area contributed by atoms with Crippen LogP contribution in [0.25, 0.3) is 5.69 Å². The molecule has 2 aliphatic heterocycles. The second-order valence-electron chi connectivity index (χ2n) is 7.21. The van der Waals surface area contributed by atoms with Crippen LogP contribution in [0.1, 0.15) is 37.4 Å². The van der Waals surface area contributed by atoms with Crippen molar-refractivity contribution in [2.24, 2.45) is 0 Å². The van der Waals surface area contributed by atoms with Crippen LogP contribution in [0, 0.1) is 0 Å². The van der Waals surface area contributed by atoms with E-state index in [4.69, 9.17) is 0 Å². The number of carbonyl (C=O) groups is 1. The highest BCUT2D eigenvalue weighted by Crippen LogP contribution is 2.28. The minimum absolute atomic E-state index is 0. The summed E-state index contributed by atoms with van der Waals surface area (Å²) in [6.07, 6.45) is 5.27. The number of aromatic amines is 1. The molecule has 2 aromatic rings. The smallest absolute Gasteiger partial charge is 0.342 e. The molecule has 0 bridgehead atoms. The van der Waals surface area contributed by atoms with Crippen LogP contribution in [-0.2, 0) is 4.79 Å². The van der Waals surface area contributed by atoms with Crippen molar-refractivity contribution in [3.8, 4) is 5.69 Å². The van der Waals surface area contributed by atoms with E-state index in [-0.39, 0.29) is 29.9 Å². The highest BCUT2D eigenvalue weighted by molar-refractivity contribution is 5.85. The monoisotopic (exact) mass is 403 g/mol. The van der Waals surface area contributed by atoms with E-state index in [0.717, 1.165) is 43.9 Å². The number of nitrogens with zero attached hydrogens (tertiary/aromatic N) is 3. The summed E-state index contributed by atoms with van der Waals surface area (Å²) < 4.78 is 1.65. The molecule has 0 radical (unpaired) electrons. The van der Waals surface area contributed by atoms with Crippen molar-refractivity contribution >= 4 is 18.3 Å². The molecular formula is C20H26ClN5O2. The van der Waals surface area contributed by atoms with Crippen LogP contribution >= 0.6 is 12.4 Å². The summed E-state index contributed by atoms with van der Waals surface area (Å²) in [7, 11) is 0. The fourth-order valence-corrected chi connectivity index (χ4v) is 3.93. The maximum atomic E-state index is 12.6. The molecule has 0 aliphatic carbocycles. The van der Waals surface area contributed by atoms with E-state index < -0.39 is 0 Å². The molecule has 4 rings (SSSR count). The Morgan fingerprint density at radius 3 is 2.61 bits per heavy atom. The lowest BCUT2D eigenvalue weighted by Gasteiger charge is -2.32. The number of benzene rings is 1. The van der Waals surface area contributed by atoms with Gasteiger partial charge in [0.25, 0.3) is 0 Å². The lowest BCUT2D eigenvalue weighted by Crippen LogP contribution is -2.39. The first kappa shape index (κ1) is 20.4. The average Bonchev–Trinajstić information content (AvgIpc) is 3.11. The molecule has 3 heterocycles. The van der Waals surface area contributed by atoms with Crippen LogP contribution in [-0.4, -0.2) is 51.8 Å². The first-order valence-corrected chi connectivity index (χ1v) is 9.61. The number of halogens is 1. The lowest BCUT2D eigenvalue weighted by atomic mass is 9.95. The topological polar surface area (TPSA) is 83.0 Å². The van der Waals surface area contributed by atoms with Crippen molar-refractivity contribution < 1.29 is 4.79 Å². The fourth-order valence-electron chi connectivity index (χ4n) is 3.93. The Labute approximate surface area is 170 Å². The van der Waals surface area contributed by atoms with E-state index in [2.05, 4.69) is 21.6 Å². The molecule has 28 heavy (non-hydrogen) atoms. The van der Waals surface area contributed by atoms with Crippen molar-refractivity contribution in [3.05, 3.63) is 58.3 Å². The predicted molar refractivity (Wildman–Crippen MR) is 110 cm³/mol. The van der Waals surface area contributed by atoms with Gasteiger partial charge in [-0.15, -0.1) is 12.4 Å². The molecule has 1 aromatic carbocycles. The zero-order chi connectivity index (χ0) is 18.6. The number of nitrogens with one attached hydrogen (secondary N) is 2. The predicted octanol–water partition coefficient (Wildman–Crippen LogP) is 2.00. The van der Waals surface area contributed by atoms with Gasteiger partial charge in [0, 0.05) is 32.0 Å². The Kier molecular flexibility index (Phi) is 6.70. The number of aromatic nitrogens is 3. The van der Waals surface area contributed by atoms with Crippen LogP contribution in [0.4, 0.5) is 0 Å². The number of rotatable bonds is 4. The summed E-state index contributed by atoms with van der Waals surface area (Å²) in [5.74, 6) is 1.15. The standard InChI is InChI=1S/C20H25N5O2.ClH/c26-18(14-15-6-10-21-11-7-15)24-12-8-16(9-13-24)19-22-23-20(27)25(19)17-4-2-1-3-5-17;/h1-6,16,21H,7-14H2,(H,23,27);1H. The molecule has 0 unspecified atom stereocenters. The van der Waals surface area contributed by atoms with E-state index in [1.807, 2.05) is 35.2 Å². The Hall–Kier alpha value is -2.38. The molecule has 7 nitrogen and oxygen atoms in total. The minimum Gasteiger partial charge on any atom is -0.342 e. The number of hydrogen-bond donors (Lipinski definition) is 2. The second-order valence-corrected chi connectivity index (χ2v) is 7.21. The molecule has 1 amide bonds. The Balaban J connectivity index is 0.00000225. The van der Waals surface area contributed by atoms with E-state index in [0.29, 0.717) is 19.5 Å². The van der Waals surface area contributed by atoms with Gasteiger partial charge in [0.05, 0.1) is 5.69 Å². The van der Waals surface area contributed by atoms with Gasteiger partial charge in [-0.05, 0) is 37.9 Å². The van der Waals surface area contributed by atoms with Crippen molar-refractivity contribution in [1.82, 2.24) is 25.0 Å². The molecule has 2 aliphatic rings. The first-order valence-electron chi connectivity index (χ1n) is 9.61. The van der Waals surface area contributed by atoms with Gasteiger partial charge < -0.3 is 10.2 Å². The number of para-hydroxylation sites is 1. The molecule has 150 valence electrons. The lowest BCUT2D eigenvalue weighted by molar-refractivity contribution is -0.131. The molecule has 1 fully saturated rings. The molecule has 1 saturated heterocycles. The number of amides is 1. The van der Waals surface area contributed by atoms with Crippen LogP contribution in [0.3, 0.4) is 0 Å². The number of carbonyl (C=O) groups excluding carboxylic acids is 1. The third-order valence-corrected chi connectivity index (χ3v) is 5.46. The summed E-state index contributed by atoms with van der Waals surface area (Å²) in [5.41, 5.74) is 1.85. The highest BCUT2D eigenvalue weighted by atomic mass is 35.5. The third-order valence-electron chi connectivity index (χ3n) is 5.46. The van der Waals surface area contributed by atoms with Crippen LogP contribution < -0.4 is 11.0 Å². The van der Waals surface area contributed by atoms with Gasteiger partial charge in [0.2, 0.25) is 5.91 Å². The largest absolute Gasteiger partial charge is 0.347 e. The van der Waals surface area contributed by atoms with Crippen LogP contribution in [0.2, 0.25) is 0 Å². The van der Waals surface area contributed by atoms with Gasteiger partial charge in [0.1, 0.15) is 5.82 Å². The average molecular weight is 404 g/mol. The zero-order valence-corrected chi connectivity index (χ0v) is 16.6. The molecular weight excluding hydrogens is 378 g/mol.